The van der Waals surface area contributed by atoms with Crippen LogP contribution in [0.1, 0.15) is 43.0 Å². The Balaban J connectivity index is 1.95. The van der Waals surface area contributed by atoms with Gasteiger partial charge in [-0.25, -0.2) is 0 Å². The predicted octanol–water partition coefficient (Wildman–Crippen LogP) is 6.54. The van der Waals surface area contributed by atoms with Gasteiger partial charge < -0.3 is 15.0 Å². The summed E-state index contributed by atoms with van der Waals surface area (Å²) in [6.45, 7) is 9.45. The van der Waals surface area contributed by atoms with Gasteiger partial charge in [-0.05, 0) is 75.1 Å². The second kappa shape index (κ2) is 12.5. The van der Waals surface area contributed by atoms with Crippen LogP contribution in [0.15, 0.2) is 66.7 Å². The second-order valence-electron chi connectivity index (χ2n) is 10.2. The Bertz CT molecular complexity index is 1220. The van der Waals surface area contributed by atoms with Gasteiger partial charge in [0.05, 0.1) is 0 Å². The minimum atomic E-state index is -0.775. The van der Waals surface area contributed by atoms with Gasteiger partial charge in [0.25, 0.3) is 5.91 Å². The Labute approximate surface area is 229 Å². The number of ether oxygens (including phenoxy) is 1. The van der Waals surface area contributed by atoms with Crippen LogP contribution in [-0.4, -0.2) is 34.9 Å². The van der Waals surface area contributed by atoms with Gasteiger partial charge in [-0.3, -0.25) is 9.59 Å². The van der Waals surface area contributed by atoms with Gasteiger partial charge in [0, 0.05) is 28.5 Å². The van der Waals surface area contributed by atoms with Crippen molar-refractivity contribution in [1.29, 1.82) is 0 Å². The summed E-state index contributed by atoms with van der Waals surface area (Å²) in [5.74, 6) is -0.0192. The standard InChI is InChI=1S/C30H34Cl2N2O3/c1-20-15-24(16-21(2)28(20)32)37-19-27(35)34(18-23-13-9-10-14-25(23)31)26(29(36)33-30(3,4)5)17-22-11-7-6-8-12-22/h6-16,26H,17-19H2,1-5H3,(H,33,36). The van der Waals surface area contributed by atoms with Gasteiger partial charge in [-0.15, -0.1) is 0 Å². The summed E-state index contributed by atoms with van der Waals surface area (Å²) in [6.07, 6.45) is 0.345. The van der Waals surface area contributed by atoms with Crippen LogP contribution in [-0.2, 0) is 22.6 Å². The molecule has 3 aromatic rings. The number of carbonyl (C=O) groups is 2. The molecule has 0 aliphatic rings. The fourth-order valence-corrected chi connectivity index (χ4v) is 4.34. The van der Waals surface area contributed by atoms with Crippen molar-refractivity contribution in [2.24, 2.45) is 0 Å². The van der Waals surface area contributed by atoms with Gasteiger partial charge in [0.2, 0.25) is 5.91 Å². The maximum absolute atomic E-state index is 13.7. The first-order valence-electron chi connectivity index (χ1n) is 12.2. The molecule has 0 fully saturated rings. The molecular formula is C30H34Cl2N2O3. The predicted molar refractivity (Wildman–Crippen MR) is 150 cm³/mol. The number of carbonyl (C=O) groups excluding carboxylic acids is 2. The molecular weight excluding hydrogens is 507 g/mol. The van der Waals surface area contributed by atoms with Crippen molar-refractivity contribution in [3.8, 4) is 5.75 Å². The molecule has 196 valence electrons. The third kappa shape index (κ3) is 8.24. The monoisotopic (exact) mass is 540 g/mol. The molecule has 5 nitrogen and oxygen atoms in total. The molecule has 0 saturated heterocycles. The highest BCUT2D eigenvalue weighted by molar-refractivity contribution is 6.32. The summed E-state index contributed by atoms with van der Waals surface area (Å²) >= 11 is 12.8. The van der Waals surface area contributed by atoms with Crippen LogP contribution in [0.5, 0.6) is 5.75 Å². The number of aryl methyl sites for hydroxylation is 2. The van der Waals surface area contributed by atoms with E-state index < -0.39 is 11.6 Å². The van der Waals surface area contributed by atoms with E-state index in [0.29, 0.717) is 22.2 Å². The first kappa shape index (κ1) is 28.5. The average Bonchev–Trinajstić information content (AvgIpc) is 2.83. The Morgan fingerprint density at radius 1 is 0.946 bits per heavy atom. The van der Waals surface area contributed by atoms with E-state index in [2.05, 4.69) is 5.32 Å². The van der Waals surface area contributed by atoms with Crippen molar-refractivity contribution >= 4 is 35.0 Å². The van der Waals surface area contributed by atoms with E-state index in [9.17, 15) is 9.59 Å². The summed E-state index contributed by atoms with van der Waals surface area (Å²) in [4.78, 5) is 28.9. The third-order valence-corrected chi connectivity index (χ3v) is 6.81. The maximum atomic E-state index is 13.7. The van der Waals surface area contributed by atoms with Crippen LogP contribution in [0.2, 0.25) is 10.0 Å². The first-order chi connectivity index (χ1) is 17.4. The van der Waals surface area contributed by atoms with Crippen molar-refractivity contribution in [3.05, 3.63) is 99.0 Å². The Morgan fingerprint density at radius 2 is 1.54 bits per heavy atom. The van der Waals surface area contributed by atoms with Crippen molar-refractivity contribution in [2.75, 3.05) is 6.61 Å². The first-order valence-corrected chi connectivity index (χ1v) is 13.0. The van der Waals surface area contributed by atoms with E-state index in [1.807, 2.05) is 83.1 Å². The highest BCUT2D eigenvalue weighted by Crippen LogP contribution is 2.26. The number of rotatable bonds is 9. The van der Waals surface area contributed by atoms with Crippen LogP contribution in [0.25, 0.3) is 0 Å². The molecule has 3 aromatic carbocycles. The molecule has 1 unspecified atom stereocenters. The maximum Gasteiger partial charge on any atom is 0.261 e. The molecule has 0 spiro atoms. The minimum absolute atomic E-state index is 0.162. The molecule has 37 heavy (non-hydrogen) atoms. The number of hydrogen-bond donors (Lipinski definition) is 1. The lowest BCUT2D eigenvalue weighted by atomic mass is 10.0. The van der Waals surface area contributed by atoms with Crippen LogP contribution in [0.3, 0.4) is 0 Å². The van der Waals surface area contributed by atoms with Crippen molar-refractivity contribution in [1.82, 2.24) is 10.2 Å². The molecule has 0 aliphatic carbocycles. The van der Waals surface area contributed by atoms with Gasteiger partial charge in [0.15, 0.2) is 6.61 Å². The highest BCUT2D eigenvalue weighted by atomic mass is 35.5. The fraction of sp³-hybridized carbons (Fsp3) is 0.333. The highest BCUT2D eigenvalue weighted by Gasteiger charge is 2.32. The molecule has 2 amide bonds. The van der Waals surface area contributed by atoms with Crippen LogP contribution < -0.4 is 10.1 Å². The summed E-state index contributed by atoms with van der Waals surface area (Å²) in [6, 6.07) is 19.8. The zero-order valence-electron chi connectivity index (χ0n) is 22.0. The lowest BCUT2D eigenvalue weighted by molar-refractivity contribution is -0.143. The van der Waals surface area contributed by atoms with Gasteiger partial charge in [0.1, 0.15) is 11.8 Å². The number of benzene rings is 3. The Morgan fingerprint density at radius 3 is 2.14 bits per heavy atom. The Kier molecular flexibility index (Phi) is 9.63. The normalized spacial score (nSPS) is 12.1. The minimum Gasteiger partial charge on any atom is -0.484 e. The van der Waals surface area contributed by atoms with E-state index in [0.717, 1.165) is 22.3 Å². The second-order valence-corrected chi connectivity index (χ2v) is 11.0. The van der Waals surface area contributed by atoms with E-state index >= 15 is 0 Å². The number of nitrogens with one attached hydrogen (secondary N) is 1. The van der Waals surface area contributed by atoms with Gasteiger partial charge >= 0.3 is 0 Å². The van der Waals surface area contributed by atoms with E-state index in [1.165, 1.54) is 0 Å². The topological polar surface area (TPSA) is 58.6 Å². The zero-order chi connectivity index (χ0) is 27.2. The van der Waals surface area contributed by atoms with Gasteiger partial charge in [-0.1, -0.05) is 71.7 Å². The number of nitrogens with zero attached hydrogens (tertiary/aromatic N) is 1. The molecule has 0 radical (unpaired) electrons. The summed E-state index contributed by atoms with van der Waals surface area (Å²) < 4.78 is 5.90. The number of amides is 2. The van der Waals surface area contributed by atoms with E-state index in [4.69, 9.17) is 27.9 Å². The lowest BCUT2D eigenvalue weighted by Gasteiger charge is -2.34. The van der Waals surface area contributed by atoms with Crippen molar-refractivity contribution in [3.63, 3.8) is 0 Å². The van der Waals surface area contributed by atoms with Crippen LogP contribution >= 0.6 is 23.2 Å². The third-order valence-electron chi connectivity index (χ3n) is 5.84. The fourth-order valence-electron chi connectivity index (χ4n) is 4.03. The lowest BCUT2D eigenvalue weighted by Crippen LogP contribution is -2.55. The SMILES string of the molecule is Cc1cc(OCC(=O)N(Cc2ccccc2Cl)C(Cc2ccccc2)C(=O)NC(C)(C)C)cc(C)c1Cl. The quantitative estimate of drug-likeness (QED) is 0.335. The molecule has 0 heterocycles. The summed E-state index contributed by atoms with van der Waals surface area (Å²) in [7, 11) is 0. The molecule has 0 aliphatic heterocycles. The average molecular weight is 542 g/mol. The molecule has 0 aromatic heterocycles. The van der Waals surface area contributed by atoms with Crippen molar-refractivity contribution in [2.45, 2.75) is 59.2 Å². The Hall–Kier alpha value is -3.02. The van der Waals surface area contributed by atoms with E-state index in [-0.39, 0.29) is 25.0 Å². The molecule has 7 heteroatoms. The summed E-state index contributed by atoms with van der Waals surface area (Å²) in [5, 5.41) is 4.24. The molecule has 1 atom stereocenters. The zero-order valence-corrected chi connectivity index (χ0v) is 23.5. The number of hydrogen-bond acceptors (Lipinski definition) is 3. The summed E-state index contributed by atoms with van der Waals surface area (Å²) in [5.41, 5.74) is 2.95. The van der Waals surface area contributed by atoms with Crippen LogP contribution in [0.4, 0.5) is 0 Å². The molecule has 0 saturated carbocycles. The van der Waals surface area contributed by atoms with Crippen LogP contribution in [0, 0.1) is 13.8 Å². The molecule has 1 N–H and O–H groups in total. The smallest absolute Gasteiger partial charge is 0.261 e. The van der Waals surface area contributed by atoms with Gasteiger partial charge in [-0.2, -0.15) is 0 Å². The number of halogens is 2. The van der Waals surface area contributed by atoms with E-state index in [1.54, 1.807) is 23.1 Å². The largest absolute Gasteiger partial charge is 0.484 e. The molecule has 3 rings (SSSR count). The van der Waals surface area contributed by atoms with Crippen molar-refractivity contribution < 1.29 is 14.3 Å². The molecule has 0 bridgehead atoms.